The van der Waals surface area contributed by atoms with Crippen LogP contribution in [0.1, 0.15) is 26.7 Å². The molecule has 0 saturated carbocycles. The van der Waals surface area contributed by atoms with Crippen LogP contribution in [0.25, 0.3) is 0 Å². The third-order valence-corrected chi connectivity index (χ3v) is 2.37. The summed E-state index contributed by atoms with van der Waals surface area (Å²) in [7, 11) is 0. The smallest absolute Gasteiger partial charge is 0.333 e. The van der Waals surface area contributed by atoms with Crippen molar-refractivity contribution >= 4 is 17.8 Å². The zero-order chi connectivity index (χ0) is 18.4. The molecule has 0 aromatic heterocycles. The molecule has 1 aliphatic rings. The molecule has 1 rings (SSSR count). The summed E-state index contributed by atoms with van der Waals surface area (Å²) in [5, 5.41) is 16.1. The molecule has 1 aliphatic heterocycles. The molecule has 1 fully saturated rings. The number of aliphatic carboxylic acids is 1. The summed E-state index contributed by atoms with van der Waals surface area (Å²) in [6.45, 7) is 13.8. The second-order valence-electron chi connectivity index (χ2n) is 4.60. The van der Waals surface area contributed by atoms with E-state index in [0.29, 0.717) is 12.0 Å². The van der Waals surface area contributed by atoms with Crippen LogP contribution in [-0.2, 0) is 19.1 Å². The maximum atomic E-state index is 10.7. The molecule has 0 aliphatic carbocycles. The van der Waals surface area contributed by atoms with Gasteiger partial charge in [0.1, 0.15) is 6.61 Å². The van der Waals surface area contributed by atoms with E-state index in [1.165, 1.54) is 6.92 Å². The van der Waals surface area contributed by atoms with Gasteiger partial charge in [-0.05, 0) is 26.5 Å². The van der Waals surface area contributed by atoms with Gasteiger partial charge >= 0.3 is 11.9 Å². The average molecular weight is 327 g/mol. The van der Waals surface area contributed by atoms with Crippen LogP contribution in [0.15, 0.2) is 37.1 Å². The number of hydrogen-bond acceptors (Lipinski definition) is 5. The van der Waals surface area contributed by atoms with Crippen molar-refractivity contribution in [3.05, 3.63) is 37.1 Å². The third-order valence-electron chi connectivity index (χ3n) is 2.37. The Balaban J connectivity index is 0. The van der Waals surface area contributed by atoms with Crippen molar-refractivity contribution in [1.82, 2.24) is 4.90 Å². The van der Waals surface area contributed by atoms with Gasteiger partial charge in [-0.3, -0.25) is 4.79 Å². The van der Waals surface area contributed by atoms with Crippen LogP contribution in [0.3, 0.4) is 0 Å². The number of aliphatic hydroxyl groups is 1. The number of carboxylic acid groups (broad SMARTS) is 1. The normalized spacial score (nSPS) is 12.1. The Bertz CT molecular complexity index is 443. The highest BCUT2D eigenvalue weighted by atomic mass is 16.5. The van der Waals surface area contributed by atoms with Gasteiger partial charge in [0, 0.05) is 24.1 Å². The first kappa shape index (κ1) is 22.9. The first-order valence-corrected chi connectivity index (χ1v) is 6.91. The first-order chi connectivity index (χ1) is 10.7. The first-order valence-electron chi connectivity index (χ1n) is 6.91. The van der Waals surface area contributed by atoms with E-state index in [4.69, 9.17) is 10.2 Å². The molecule has 0 radical (unpaired) electrons. The fourth-order valence-electron chi connectivity index (χ4n) is 1.12. The minimum atomic E-state index is -0.935. The topological polar surface area (TPSA) is 104 Å². The van der Waals surface area contributed by atoms with Crippen molar-refractivity contribution in [2.45, 2.75) is 26.7 Å². The lowest BCUT2D eigenvalue weighted by atomic mass is 10.4. The number of carboxylic acids is 1. The molecule has 0 aromatic rings. The Kier molecular flexibility index (Phi) is 13.2. The van der Waals surface area contributed by atoms with E-state index < -0.39 is 11.9 Å². The average Bonchev–Trinajstić information content (AvgIpc) is 2.91. The molecule has 2 N–H and O–H groups in total. The molecule has 0 aromatic carbocycles. The largest absolute Gasteiger partial charge is 0.478 e. The van der Waals surface area contributed by atoms with Crippen molar-refractivity contribution in [1.29, 1.82) is 0 Å². The summed E-state index contributed by atoms with van der Waals surface area (Å²) in [5.41, 5.74) is 0.526. The van der Waals surface area contributed by atoms with Crippen molar-refractivity contribution in [2.24, 2.45) is 0 Å². The maximum Gasteiger partial charge on any atom is 0.333 e. The van der Waals surface area contributed by atoms with E-state index in [-0.39, 0.29) is 24.7 Å². The highest BCUT2D eigenvalue weighted by Gasteiger charge is 2.16. The fourth-order valence-corrected chi connectivity index (χ4v) is 1.12. The van der Waals surface area contributed by atoms with E-state index in [1.54, 1.807) is 18.0 Å². The van der Waals surface area contributed by atoms with Crippen molar-refractivity contribution in [2.75, 3.05) is 19.8 Å². The predicted molar refractivity (Wildman–Crippen MR) is 86.5 cm³/mol. The number of carbonyl (C=O) groups is 3. The zero-order valence-electron chi connectivity index (χ0n) is 13.7. The fraction of sp³-hybridized carbons (Fsp3) is 0.438. The third kappa shape index (κ3) is 13.0. The second-order valence-corrected chi connectivity index (χ2v) is 4.60. The standard InChI is InChI=1S/C6H9NO.C6H10O3.C4H6O2/c1-2-7-5-3-4-6(7)8;1-5(2)6(8)9-4-3-7;1-3(2)4(5)6/h2H,1,3-5H2;7H,1,3-4H2,2H3;1H2,2H3,(H,5,6). The van der Waals surface area contributed by atoms with Gasteiger partial charge in [0.2, 0.25) is 5.91 Å². The molecule has 0 bridgehead atoms. The molecule has 7 nitrogen and oxygen atoms in total. The summed E-state index contributed by atoms with van der Waals surface area (Å²) >= 11 is 0. The molecule has 0 spiro atoms. The second kappa shape index (κ2) is 13.3. The van der Waals surface area contributed by atoms with Crippen LogP contribution in [-0.4, -0.2) is 52.7 Å². The molecule has 1 heterocycles. The Morgan fingerprint density at radius 2 is 1.83 bits per heavy atom. The minimum Gasteiger partial charge on any atom is -0.478 e. The number of rotatable bonds is 5. The molecule has 0 atom stereocenters. The number of likely N-dealkylation sites (tertiary alicyclic amines) is 1. The monoisotopic (exact) mass is 327 g/mol. The predicted octanol–water partition coefficient (Wildman–Crippen LogP) is 1.50. The van der Waals surface area contributed by atoms with E-state index in [2.05, 4.69) is 24.5 Å². The van der Waals surface area contributed by atoms with Crippen molar-refractivity contribution in [3.63, 3.8) is 0 Å². The van der Waals surface area contributed by atoms with Crippen LogP contribution in [0.2, 0.25) is 0 Å². The van der Waals surface area contributed by atoms with Gasteiger partial charge in [-0.2, -0.15) is 0 Å². The van der Waals surface area contributed by atoms with Crippen molar-refractivity contribution in [3.8, 4) is 0 Å². The van der Waals surface area contributed by atoms with Gasteiger partial charge in [0.15, 0.2) is 0 Å². The van der Waals surface area contributed by atoms with E-state index in [9.17, 15) is 14.4 Å². The van der Waals surface area contributed by atoms with Crippen LogP contribution >= 0.6 is 0 Å². The van der Waals surface area contributed by atoms with Gasteiger partial charge in [-0.25, -0.2) is 9.59 Å². The maximum absolute atomic E-state index is 10.7. The summed E-state index contributed by atoms with van der Waals surface area (Å²) in [4.78, 5) is 32.4. The Morgan fingerprint density at radius 1 is 1.30 bits per heavy atom. The van der Waals surface area contributed by atoms with Crippen LogP contribution < -0.4 is 0 Å². The lowest BCUT2D eigenvalue weighted by Gasteiger charge is -2.05. The highest BCUT2D eigenvalue weighted by molar-refractivity contribution is 5.86. The number of amides is 1. The van der Waals surface area contributed by atoms with Gasteiger partial charge in [0.05, 0.1) is 6.61 Å². The van der Waals surface area contributed by atoms with Crippen LogP contribution in [0, 0.1) is 0 Å². The summed E-state index contributed by atoms with van der Waals surface area (Å²) in [6, 6.07) is 0. The van der Waals surface area contributed by atoms with E-state index >= 15 is 0 Å². The van der Waals surface area contributed by atoms with Gasteiger partial charge < -0.3 is 19.8 Å². The van der Waals surface area contributed by atoms with E-state index in [1.807, 2.05) is 0 Å². The van der Waals surface area contributed by atoms with Crippen LogP contribution in [0.4, 0.5) is 0 Å². The quantitative estimate of drug-likeness (QED) is 0.586. The number of nitrogens with zero attached hydrogens (tertiary/aromatic N) is 1. The number of ether oxygens (including phenoxy) is 1. The van der Waals surface area contributed by atoms with Crippen LogP contribution in [0.5, 0.6) is 0 Å². The molecule has 23 heavy (non-hydrogen) atoms. The lowest BCUT2D eigenvalue weighted by Crippen LogP contribution is -2.16. The SMILES string of the molecule is C=C(C)C(=O)O.C=C(C)C(=O)OCCO.C=CN1CCCC1=O. The summed E-state index contributed by atoms with van der Waals surface area (Å²) in [5.74, 6) is -1.18. The summed E-state index contributed by atoms with van der Waals surface area (Å²) < 4.78 is 4.46. The van der Waals surface area contributed by atoms with Gasteiger partial charge in [0.25, 0.3) is 0 Å². The number of carbonyl (C=O) groups excluding carboxylic acids is 2. The number of hydrogen-bond donors (Lipinski definition) is 2. The van der Waals surface area contributed by atoms with Gasteiger partial charge in [-0.1, -0.05) is 19.7 Å². The Labute approximate surface area is 136 Å². The highest BCUT2D eigenvalue weighted by Crippen LogP contribution is 2.08. The van der Waals surface area contributed by atoms with E-state index in [0.717, 1.165) is 13.0 Å². The molecule has 0 unspecified atom stereocenters. The van der Waals surface area contributed by atoms with Gasteiger partial charge in [-0.15, -0.1) is 0 Å². The molecule has 7 heteroatoms. The number of esters is 1. The molecular formula is C16H25NO6. The molecule has 1 saturated heterocycles. The molecule has 130 valence electrons. The summed E-state index contributed by atoms with van der Waals surface area (Å²) in [6.07, 6.45) is 3.28. The zero-order valence-corrected chi connectivity index (χ0v) is 13.7. The Morgan fingerprint density at radius 3 is 2.04 bits per heavy atom. The Hall–Kier alpha value is -2.41. The minimum absolute atomic E-state index is 0.0473. The lowest BCUT2D eigenvalue weighted by molar-refractivity contribution is -0.140. The molecular weight excluding hydrogens is 302 g/mol. The molecule has 1 amide bonds. The van der Waals surface area contributed by atoms with Crippen molar-refractivity contribution < 1.29 is 29.3 Å². The number of aliphatic hydroxyl groups excluding tert-OH is 1.